The van der Waals surface area contributed by atoms with E-state index in [4.69, 9.17) is 11.6 Å². The summed E-state index contributed by atoms with van der Waals surface area (Å²) in [4.78, 5) is 0.00549. The zero-order valence-electron chi connectivity index (χ0n) is 9.64. The molecule has 0 bridgehead atoms. The highest BCUT2D eigenvalue weighted by atomic mass is 79.9. The van der Waals surface area contributed by atoms with Crippen molar-refractivity contribution in [1.82, 2.24) is 0 Å². The first-order valence-corrected chi connectivity index (χ1v) is 7.59. The molecule has 0 nitrogen and oxygen atoms in total. The van der Waals surface area contributed by atoms with Gasteiger partial charge in [-0.2, -0.15) is 0 Å². The molecular formula is C14H9Br2ClF2. The Hall–Kier alpha value is -0.450. The maximum Gasteiger partial charge on any atom is 0.159 e. The third kappa shape index (κ3) is 3.77. The van der Waals surface area contributed by atoms with Gasteiger partial charge in [-0.3, -0.25) is 0 Å². The predicted octanol–water partition coefficient (Wildman–Crippen LogP) is 6.06. The molecule has 2 aromatic rings. The summed E-state index contributed by atoms with van der Waals surface area (Å²) in [5.41, 5.74) is 1.74. The topological polar surface area (TPSA) is 0 Å². The lowest BCUT2D eigenvalue weighted by atomic mass is 10.0. The summed E-state index contributed by atoms with van der Waals surface area (Å²) in [5, 5.41) is 0.635. The van der Waals surface area contributed by atoms with Crippen LogP contribution >= 0.6 is 43.5 Å². The van der Waals surface area contributed by atoms with Crippen LogP contribution in [0.25, 0.3) is 0 Å². The van der Waals surface area contributed by atoms with Gasteiger partial charge < -0.3 is 0 Å². The Morgan fingerprint density at radius 2 is 1.79 bits per heavy atom. The van der Waals surface area contributed by atoms with E-state index in [9.17, 15) is 8.78 Å². The molecule has 0 aromatic heterocycles. The van der Waals surface area contributed by atoms with Crippen LogP contribution in [0, 0.1) is 11.6 Å². The van der Waals surface area contributed by atoms with Crippen molar-refractivity contribution in [1.29, 1.82) is 0 Å². The van der Waals surface area contributed by atoms with Gasteiger partial charge in [-0.1, -0.05) is 39.7 Å². The van der Waals surface area contributed by atoms with Crippen molar-refractivity contribution in [3.05, 3.63) is 68.7 Å². The SMILES string of the molecule is Fc1ccc(CC(Br)c2ccc(Cl)c(Br)c2)cc1F. The molecule has 1 unspecified atom stereocenters. The average molecular weight is 410 g/mol. The third-order valence-corrected chi connectivity index (χ3v) is 4.77. The quantitative estimate of drug-likeness (QED) is 0.540. The van der Waals surface area contributed by atoms with Gasteiger partial charge in [-0.25, -0.2) is 8.78 Å². The maximum atomic E-state index is 13.1. The van der Waals surface area contributed by atoms with E-state index in [-0.39, 0.29) is 4.83 Å². The summed E-state index contributed by atoms with van der Waals surface area (Å²) in [5.74, 6) is -1.65. The average Bonchev–Trinajstić information content (AvgIpc) is 2.37. The van der Waals surface area contributed by atoms with E-state index in [1.165, 1.54) is 6.07 Å². The number of rotatable bonds is 3. The molecule has 0 fully saturated rings. The van der Waals surface area contributed by atoms with Gasteiger partial charge in [0.1, 0.15) is 0 Å². The standard InChI is InChI=1S/C14H9Br2ClF2/c15-10(9-2-3-12(17)11(16)7-9)5-8-1-4-13(18)14(19)6-8/h1-4,6-7,10H,5H2. The second-order valence-electron chi connectivity index (χ2n) is 4.09. The zero-order valence-corrected chi connectivity index (χ0v) is 13.6. The maximum absolute atomic E-state index is 13.1. The number of alkyl halides is 1. The lowest BCUT2D eigenvalue weighted by Crippen LogP contribution is -1.97. The second-order valence-corrected chi connectivity index (χ2v) is 6.46. The van der Waals surface area contributed by atoms with Gasteiger partial charge in [0, 0.05) is 9.30 Å². The molecule has 2 aromatic carbocycles. The minimum atomic E-state index is -0.830. The fraction of sp³-hybridized carbons (Fsp3) is 0.143. The van der Waals surface area contributed by atoms with Gasteiger partial charge >= 0.3 is 0 Å². The van der Waals surface area contributed by atoms with Crippen LogP contribution < -0.4 is 0 Å². The van der Waals surface area contributed by atoms with Crippen molar-refractivity contribution in [2.24, 2.45) is 0 Å². The van der Waals surface area contributed by atoms with Crippen molar-refractivity contribution in [3.8, 4) is 0 Å². The third-order valence-electron chi connectivity index (χ3n) is 2.70. The largest absolute Gasteiger partial charge is 0.204 e. The fourth-order valence-corrected chi connectivity index (χ4v) is 2.87. The highest BCUT2D eigenvalue weighted by molar-refractivity contribution is 9.10. The van der Waals surface area contributed by atoms with Crippen molar-refractivity contribution >= 4 is 43.5 Å². The smallest absolute Gasteiger partial charge is 0.159 e. The van der Waals surface area contributed by atoms with Crippen LogP contribution in [0.1, 0.15) is 16.0 Å². The number of halogens is 5. The van der Waals surface area contributed by atoms with Gasteiger partial charge in [0.05, 0.1) is 5.02 Å². The Balaban J connectivity index is 2.17. The molecule has 0 N–H and O–H groups in total. The Bertz CT molecular complexity index is 602. The van der Waals surface area contributed by atoms with Gasteiger partial charge in [0.25, 0.3) is 0 Å². The summed E-state index contributed by atoms with van der Waals surface area (Å²) in [7, 11) is 0. The minimum absolute atomic E-state index is 0.00549. The lowest BCUT2D eigenvalue weighted by molar-refractivity contribution is 0.507. The van der Waals surface area contributed by atoms with Crippen molar-refractivity contribution < 1.29 is 8.78 Å². The molecular weight excluding hydrogens is 401 g/mol. The molecule has 5 heteroatoms. The summed E-state index contributed by atoms with van der Waals surface area (Å²) >= 11 is 12.8. The van der Waals surface area contributed by atoms with E-state index in [0.717, 1.165) is 21.7 Å². The van der Waals surface area contributed by atoms with E-state index in [2.05, 4.69) is 31.9 Å². The number of hydrogen-bond donors (Lipinski definition) is 0. The molecule has 2 rings (SSSR count). The molecule has 0 radical (unpaired) electrons. The van der Waals surface area contributed by atoms with Crippen molar-refractivity contribution in [3.63, 3.8) is 0 Å². The van der Waals surface area contributed by atoms with Crippen molar-refractivity contribution in [2.75, 3.05) is 0 Å². The highest BCUT2D eigenvalue weighted by Gasteiger charge is 2.12. The van der Waals surface area contributed by atoms with Crippen molar-refractivity contribution in [2.45, 2.75) is 11.2 Å². The summed E-state index contributed by atoms with van der Waals surface area (Å²) < 4.78 is 26.8. The van der Waals surface area contributed by atoms with E-state index in [0.29, 0.717) is 11.4 Å². The van der Waals surface area contributed by atoms with E-state index < -0.39 is 11.6 Å². The Kier molecular flexibility index (Phi) is 4.98. The first-order chi connectivity index (χ1) is 8.97. The number of hydrogen-bond acceptors (Lipinski definition) is 0. The first kappa shape index (κ1) is 14.9. The predicted molar refractivity (Wildman–Crippen MR) is 80.9 cm³/mol. The molecule has 0 aliphatic carbocycles. The van der Waals surface area contributed by atoms with Crippen LogP contribution in [0.5, 0.6) is 0 Å². The second kappa shape index (κ2) is 6.33. The molecule has 100 valence electrons. The molecule has 0 aliphatic heterocycles. The summed E-state index contributed by atoms with van der Waals surface area (Å²) in [6.07, 6.45) is 0.561. The Morgan fingerprint density at radius 3 is 2.42 bits per heavy atom. The highest BCUT2D eigenvalue weighted by Crippen LogP contribution is 2.32. The summed E-state index contributed by atoms with van der Waals surface area (Å²) in [6.45, 7) is 0. The van der Waals surface area contributed by atoms with Crippen LogP contribution in [-0.4, -0.2) is 0 Å². The first-order valence-electron chi connectivity index (χ1n) is 5.50. The van der Waals surface area contributed by atoms with Crippen LogP contribution in [0.4, 0.5) is 8.78 Å². The fourth-order valence-electron chi connectivity index (χ4n) is 1.70. The summed E-state index contributed by atoms with van der Waals surface area (Å²) in [6, 6.07) is 9.53. The molecule has 0 saturated heterocycles. The van der Waals surface area contributed by atoms with Crippen LogP contribution in [0.2, 0.25) is 5.02 Å². The number of benzene rings is 2. The zero-order chi connectivity index (χ0) is 14.0. The minimum Gasteiger partial charge on any atom is -0.204 e. The Morgan fingerprint density at radius 1 is 1.05 bits per heavy atom. The van der Waals surface area contributed by atoms with Crippen LogP contribution in [-0.2, 0) is 6.42 Å². The van der Waals surface area contributed by atoms with Crippen LogP contribution in [0.15, 0.2) is 40.9 Å². The van der Waals surface area contributed by atoms with Crippen LogP contribution in [0.3, 0.4) is 0 Å². The molecule has 0 amide bonds. The monoisotopic (exact) mass is 408 g/mol. The van der Waals surface area contributed by atoms with E-state index >= 15 is 0 Å². The molecule has 0 spiro atoms. The normalized spacial score (nSPS) is 12.5. The van der Waals surface area contributed by atoms with E-state index in [1.807, 2.05) is 12.1 Å². The van der Waals surface area contributed by atoms with E-state index in [1.54, 1.807) is 12.1 Å². The van der Waals surface area contributed by atoms with Gasteiger partial charge in [0.15, 0.2) is 11.6 Å². The molecule has 19 heavy (non-hydrogen) atoms. The van der Waals surface area contributed by atoms with Gasteiger partial charge in [-0.05, 0) is 57.7 Å². The van der Waals surface area contributed by atoms with Gasteiger partial charge in [-0.15, -0.1) is 0 Å². The van der Waals surface area contributed by atoms with Gasteiger partial charge in [0.2, 0.25) is 0 Å². The molecule has 0 heterocycles. The Labute approximate surface area is 132 Å². The molecule has 1 atom stereocenters. The lowest BCUT2D eigenvalue weighted by Gasteiger charge is -2.11. The molecule has 0 aliphatic rings. The molecule has 0 saturated carbocycles.